The Hall–Kier alpha value is -3.27. The largest absolute Gasteiger partial charge is 0.497 e. The molecule has 40 heavy (non-hydrogen) atoms. The molecule has 214 valence electrons. The van der Waals surface area contributed by atoms with Crippen molar-refractivity contribution in [3.05, 3.63) is 88.4 Å². The number of unbranched alkanes of at least 4 members (excludes halogenated alkanes) is 1. The lowest BCUT2D eigenvalue weighted by molar-refractivity contribution is -0.139. The lowest BCUT2D eigenvalue weighted by Crippen LogP contribution is -2.51. The molecule has 0 fully saturated rings. The second kappa shape index (κ2) is 14.4. The molecule has 0 aliphatic carbocycles. The third kappa shape index (κ3) is 7.90. The van der Waals surface area contributed by atoms with Crippen molar-refractivity contribution >= 4 is 50.7 Å². The Kier molecular flexibility index (Phi) is 11.2. The molecule has 1 unspecified atom stereocenters. The number of carbonyl (C=O) groups excluding carboxylic acids is 2. The number of benzene rings is 3. The molecular weight excluding hydrogens is 573 g/mol. The molecule has 0 saturated carbocycles. The van der Waals surface area contributed by atoms with Crippen molar-refractivity contribution in [2.24, 2.45) is 0 Å². The number of amides is 2. The Morgan fingerprint density at radius 2 is 1.68 bits per heavy atom. The summed E-state index contributed by atoms with van der Waals surface area (Å²) in [5.74, 6) is -0.277. The molecule has 3 aromatic carbocycles. The summed E-state index contributed by atoms with van der Waals surface area (Å²) < 4.78 is 33.8. The molecule has 0 aliphatic rings. The first-order chi connectivity index (χ1) is 19.1. The first kappa shape index (κ1) is 31.3. The normalized spacial score (nSPS) is 11.9. The fourth-order valence-corrected chi connectivity index (χ4v) is 5.98. The highest BCUT2D eigenvalue weighted by atomic mass is 35.5. The van der Waals surface area contributed by atoms with Crippen LogP contribution >= 0.6 is 23.2 Å². The van der Waals surface area contributed by atoms with Crippen molar-refractivity contribution in [2.75, 3.05) is 24.5 Å². The van der Waals surface area contributed by atoms with Crippen LogP contribution in [0.2, 0.25) is 10.0 Å². The predicted molar refractivity (Wildman–Crippen MR) is 158 cm³/mol. The van der Waals surface area contributed by atoms with Gasteiger partial charge in [0, 0.05) is 18.1 Å². The summed E-state index contributed by atoms with van der Waals surface area (Å²) >= 11 is 12.5. The molecule has 1 N–H and O–H groups in total. The SMILES string of the molecule is CCCCNC(=O)C(C)N(Cc1ccc(OC)cc1)C(=O)CN(c1ccc(Cl)cc1Cl)S(=O)(=O)c1ccccc1. The van der Waals surface area contributed by atoms with Crippen LogP contribution in [0.5, 0.6) is 5.75 Å². The Balaban J connectivity index is 2.01. The molecule has 8 nitrogen and oxygen atoms in total. The Morgan fingerprint density at radius 3 is 2.27 bits per heavy atom. The van der Waals surface area contributed by atoms with E-state index in [2.05, 4.69) is 5.32 Å². The molecule has 0 heterocycles. The maximum absolute atomic E-state index is 13.9. The van der Waals surface area contributed by atoms with Crippen molar-refractivity contribution in [1.29, 1.82) is 0 Å². The lowest BCUT2D eigenvalue weighted by Gasteiger charge is -2.32. The number of rotatable bonds is 13. The molecule has 0 aliphatic heterocycles. The summed E-state index contributed by atoms with van der Waals surface area (Å²) in [6.45, 7) is 3.58. The number of halogens is 2. The van der Waals surface area contributed by atoms with Gasteiger partial charge in [-0.1, -0.05) is 66.9 Å². The zero-order valence-corrected chi connectivity index (χ0v) is 25.0. The summed E-state index contributed by atoms with van der Waals surface area (Å²) in [7, 11) is -2.67. The molecule has 11 heteroatoms. The topological polar surface area (TPSA) is 96.0 Å². The van der Waals surface area contributed by atoms with Gasteiger partial charge < -0.3 is 15.0 Å². The molecular formula is C29H33Cl2N3O5S. The van der Waals surface area contributed by atoms with E-state index in [0.29, 0.717) is 17.3 Å². The van der Waals surface area contributed by atoms with E-state index >= 15 is 0 Å². The number of methoxy groups -OCH3 is 1. The van der Waals surface area contributed by atoms with E-state index in [1.807, 2.05) is 6.92 Å². The maximum atomic E-state index is 13.9. The number of hydrogen-bond donors (Lipinski definition) is 1. The first-order valence-corrected chi connectivity index (χ1v) is 15.0. The van der Waals surface area contributed by atoms with Crippen LogP contribution in [-0.2, 0) is 26.2 Å². The zero-order chi connectivity index (χ0) is 29.3. The Morgan fingerprint density at radius 1 is 1.00 bits per heavy atom. The van der Waals surface area contributed by atoms with Crippen LogP contribution in [0.15, 0.2) is 77.7 Å². The fraction of sp³-hybridized carbons (Fsp3) is 0.310. The quantitative estimate of drug-likeness (QED) is 0.258. The van der Waals surface area contributed by atoms with Crippen LogP contribution in [0, 0.1) is 0 Å². The van der Waals surface area contributed by atoms with E-state index in [1.54, 1.807) is 56.5 Å². The van der Waals surface area contributed by atoms with Crippen molar-refractivity contribution in [2.45, 2.75) is 44.2 Å². The van der Waals surface area contributed by atoms with Gasteiger partial charge in [0.15, 0.2) is 0 Å². The molecule has 0 bridgehead atoms. The molecule has 2 amide bonds. The summed E-state index contributed by atoms with van der Waals surface area (Å²) in [5.41, 5.74) is 0.831. The van der Waals surface area contributed by atoms with E-state index in [-0.39, 0.29) is 28.1 Å². The van der Waals surface area contributed by atoms with Gasteiger partial charge in [-0.15, -0.1) is 0 Å². The van der Waals surface area contributed by atoms with E-state index in [9.17, 15) is 18.0 Å². The predicted octanol–water partition coefficient (Wildman–Crippen LogP) is 5.53. The minimum absolute atomic E-state index is 0.0131. The highest BCUT2D eigenvalue weighted by Crippen LogP contribution is 2.33. The van der Waals surface area contributed by atoms with Crippen LogP contribution in [0.1, 0.15) is 32.3 Å². The molecule has 0 aromatic heterocycles. The number of nitrogens with zero attached hydrogens (tertiary/aromatic N) is 2. The molecule has 3 aromatic rings. The third-order valence-corrected chi connectivity index (χ3v) is 8.61. The highest BCUT2D eigenvalue weighted by Gasteiger charge is 2.33. The monoisotopic (exact) mass is 605 g/mol. The van der Waals surface area contributed by atoms with Crippen LogP contribution in [0.3, 0.4) is 0 Å². The van der Waals surface area contributed by atoms with Crippen molar-refractivity contribution < 1.29 is 22.7 Å². The minimum Gasteiger partial charge on any atom is -0.497 e. The van der Waals surface area contributed by atoms with Crippen LogP contribution < -0.4 is 14.4 Å². The summed E-state index contributed by atoms with van der Waals surface area (Å²) in [6, 6.07) is 18.3. The van der Waals surface area contributed by atoms with Gasteiger partial charge >= 0.3 is 0 Å². The smallest absolute Gasteiger partial charge is 0.264 e. The van der Waals surface area contributed by atoms with Gasteiger partial charge in [0.05, 0.1) is 22.7 Å². The second-order valence-corrected chi connectivity index (χ2v) is 11.8. The minimum atomic E-state index is -4.22. The number of hydrogen-bond acceptors (Lipinski definition) is 5. The average molecular weight is 607 g/mol. The third-order valence-electron chi connectivity index (χ3n) is 6.30. The van der Waals surface area contributed by atoms with Crippen molar-refractivity contribution in [3.8, 4) is 5.75 Å². The van der Waals surface area contributed by atoms with E-state index in [1.165, 1.54) is 35.2 Å². The molecule has 3 rings (SSSR count). The number of carbonyl (C=O) groups is 2. The summed E-state index contributed by atoms with van der Waals surface area (Å²) in [4.78, 5) is 28.3. The van der Waals surface area contributed by atoms with Gasteiger partial charge in [0.2, 0.25) is 11.8 Å². The van der Waals surface area contributed by atoms with Crippen LogP contribution in [0.4, 0.5) is 5.69 Å². The van der Waals surface area contributed by atoms with Crippen LogP contribution in [0.25, 0.3) is 0 Å². The summed E-state index contributed by atoms with van der Waals surface area (Å²) in [6.07, 6.45) is 1.69. The van der Waals surface area contributed by atoms with E-state index < -0.39 is 28.5 Å². The van der Waals surface area contributed by atoms with Gasteiger partial charge in [-0.25, -0.2) is 8.42 Å². The number of sulfonamides is 1. The highest BCUT2D eigenvalue weighted by molar-refractivity contribution is 7.92. The molecule has 0 spiro atoms. The second-order valence-electron chi connectivity index (χ2n) is 9.11. The van der Waals surface area contributed by atoms with Gasteiger partial charge in [0.25, 0.3) is 10.0 Å². The Labute approximate surface area is 245 Å². The van der Waals surface area contributed by atoms with Gasteiger partial charge in [-0.05, 0) is 61.4 Å². The number of nitrogens with one attached hydrogen (secondary N) is 1. The Bertz CT molecular complexity index is 1400. The van der Waals surface area contributed by atoms with Gasteiger partial charge in [-0.3, -0.25) is 13.9 Å². The average Bonchev–Trinajstić information content (AvgIpc) is 2.95. The summed E-state index contributed by atoms with van der Waals surface area (Å²) in [5, 5.41) is 3.24. The van der Waals surface area contributed by atoms with Crippen LogP contribution in [-0.4, -0.2) is 51.4 Å². The van der Waals surface area contributed by atoms with Gasteiger partial charge in [0.1, 0.15) is 18.3 Å². The lowest BCUT2D eigenvalue weighted by atomic mass is 10.1. The molecule has 0 saturated heterocycles. The number of ether oxygens (including phenoxy) is 1. The zero-order valence-electron chi connectivity index (χ0n) is 22.6. The maximum Gasteiger partial charge on any atom is 0.264 e. The fourth-order valence-electron chi connectivity index (χ4n) is 3.96. The number of anilines is 1. The van der Waals surface area contributed by atoms with Gasteiger partial charge in [-0.2, -0.15) is 0 Å². The van der Waals surface area contributed by atoms with E-state index in [0.717, 1.165) is 22.7 Å². The van der Waals surface area contributed by atoms with Crippen molar-refractivity contribution in [1.82, 2.24) is 10.2 Å². The van der Waals surface area contributed by atoms with E-state index in [4.69, 9.17) is 27.9 Å². The molecule has 1 atom stereocenters. The standard InChI is InChI=1S/C29H33Cl2N3O5S/c1-4-5-17-32-29(36)21(2)33(19-22-11-14-24(39-3)15-12-22)28(35)20-34(27-16-13-23(30)18-26(27)31)40(37,38)25-9-7-6-8-10-25/h6-16,18,21H,4-5,17,19-20H2,1-3H3,(H,32,36). The molecule has 0 radical (unpaired) electrons. The van der Waals surface area contributed by atoms with Crippen molar-refractivity contribution in [3.63, 3.8) is 0 Å². The first-order valence-electron chi connectivity index (χ1n) is 12.8.